The molecule has 0 saturated heterocycles. The van der Waals surface area contributed by atoms with Gasteiger partial charge in [0.1, 0.15) is 22.9 Å². The fourth-order valence-corrected chi connectivity index (χ4v) is 4.30. The van der Waals surface area contributed by atoms with Gasteiger partial charge in [-0.1, -0.05) is 57.6 Å². The number of amides is 1. The van der Waals surface area contributed by atoms with Crippen molar-refractivity contribution in [3.63, 3.8) is 0 Å². The van der Waals surface area contributed by atoms with Crippen LogP contribution in [0.5, 0.6) is 17.2 Å². The molecule has 168 valence electrons. The summed E-state index contributed by atoms with van der Waals surface area (Å²) in [4.78, 5) is 13.4. The number of carbonyl (C=O) groups is 1. The van der Waals surface area contributed by atoms with Gasteiger partial charge < -0.3 is 19.5 Å². The van der Waals surface area contributed by atoms with Gasteiger partial charge >= 0.3 is 0 Å². The van der Waals surface area contributed by atoms with Gasteiger partial charge in [-0.3, -0.25) is 4.79 Å². The third-order valence-corrected chi connectivity index (χ3v) is 6.33. The Morgan fingerprint density at radius 3 is 2.23 bits per heavy atom. The van der Waals surface area contributed by atoms with Crippen LogP contribution in [-0.4, -0.2) is 27.2 Å². The van der Waals surface area contributed by atoms with Crippen LogP contribution in [0.2, 0.25) is 0 Å². The van der Waals surface area contributed by atoms with Crippen LogP contribution in [0.15, 0.2) is 23.8 Å². The molecule has 1 aromatic rings. The smallest absolute Gasteiger partial charge is 0.231 e. The molecule has 1 aliphatic rings. The van der Waals surface area contributed by atoms with E-state index in [1.165, 1.54) is 37.7 Å². The molecule has 3 atom stereocenters. The van der Waals surface area contributed by atoms with E-state index >= 15 is 0 Å². The Bertz CT molecular complexity index is 703. The molecule has 1 aliphatic carbocycles. The van der Waals surface area contributed by atoms with Crippen LogP contribution < -0.4 is 19.5 Å². The van der Waals surface area contributed by atoms with Gasteiger partial charge in [-0.15, -0.1) is 0 Å². The van der Waals surface area contributed by atoms with Gasteiger partial charge in [-0.05, 0) is 31.6 Å². The molecular formula is C25H39NO4. The highest BCUT2D eigenvalue weighted by Gasteiger charge is 2.33. The van der Waals surface area contributed by atoms with E-state index in [1.807, 2.05) is 0 Å². The number of ether oxygens (including phenoxy) is 3. The summed E-state index contributed by atoms with van der Waals surface area (Å²) < 4.78 is 16.3. The lowest BCUT2D eigenvalue weighted by molar-refractivity contribution is -0.120. The summed E-state index contributed by atoms with van der Waals surface area (Å²) in [5.74, 6) is 2.43. The molecule has 1 unspecified atom stereocenters. The number of hydrogen-bond acceptors (Lipinski definition) is 4. The lowest BCUT2D eigenvalue weighted by Crippen LogP contribution is -2.32. The molecular weight excluding hydrogens is 378 g/mol. The Labute approximate surface area is 182 Å². The number of unbranched alkanes of at least 4 members (excludes halogenated alkanes) is 4. The van der Waals surface area contributed by atoms with Crippen molar-refractivity contribution >= 4 is 11.6 Å². The van der Waals surface area contributed by atoms with Crippen LogP contribution in [0.1, 0.15) is 65.7 Å². The summed E-state index contributed by atoms with van der Waals surface area (Å²) in [5.41, 5.74) is 1.85. The largest absolute Gasteiger partial charge is 0.496 e. The predicted octanol–water partition coefficient (Wildman–Crippen LogP) is 6.23. The molecule has 0 bridgehead atoms. The molecule has 1 aromatic carbocycles. The summed E-state index contributed by atoms with van der Waals surface area (Å²) >= 11 is 0. The van der Waals surface area contributed by atoms with Crippen molar-refractivity contribution in [2.45, 2.75) is 65.7 Å². The number of anilines is 1. The van der Waals surface area contributed by atoms with Gasteiger partial charge in [0, 0.05) is 12.1 Å². The Kier molecular flexibility index (Phi) is 9.54. The monoisotopic (exact) mass is 417 g/mol. The number of rotatable bonds is 11. The average molecular weight is 418 g/mol. The topological polar surface area (TPSA) is 56.8 Å². The van der Waals surface area contributed by atoms with E-state index in [1.54, 1.807) is 33.5 Å². The number of allylic oxidation sites excluding steroid dienone is 1. The van der Waals surface area contributed by atoms with Gasteiger partial charge in [0.25, 0.3) is 0 Å². The first-order chi connectivity index (χ1) is 14.4. The Balaban J connectivity index is 2.19. The van der Waals surface area contributed by atoms with E-state index in [0.29, 0.717) is 34.8 Å². The molecule has 1 N–H and O–H groups in total. The normalized spacial score (nSPS) is 21.0. The van der Waals surface area contributed by atoms with Crippen molar-refractivity contribution in [1.29, 1.82) is 0 Å². The van der Waals surface area contributed by atoms with E-state index in [-0.39, 0.29) is 11.8 Å². The Morgan fingerprint density at radius 1 is 1.03 bits per heavy atom. The molecule has 0 saturated carbocycles. The molecule has 0 aromatic heterocycles. The molecule has 5 heteroatoms. The first kappa shape index (κ1) is 24.1. The third kappa shape index (κ3) is 6.16. The quantitative estimate of drug-likeness (QED) is 0.342. The van der Waals surface area contributed by atoms with Crippen LogP contribution in [0.4, 0.5) is 5.69 Å². The van der Waals surface area contributed by atoms with Crippen LogP contribution in [0.25, 0.3) is 0 Å². The fraction of sp³-hybridized carbons (Fsp3) is 0.640. The molecule has 0 fully saturated rings. The van der Waals surface area contributed by atoms with Crippen molar-refractivity contribution in [2.75, 3.05) is 26.6 Å². The maximum atomic E-state index is 13.4. The van der Waals surface area contributed by atoms with Crippen molar-refractivity contribution in [3.8, 4) is 17.2 Å². The number of benzene rings is 1. The van der Waals surface area contributed by atoms with Crippen molar-refractivity contribution in [3.05, 3.63) is 23.8 Å². The molecule has 0 aliphatic heterocycles. The summed E-state index contributed by atoms with van der Waals surface area (Å²) in [5, 5.41) is 3.09. The van der Waals surface area contributed by atoms with Crippen LogP contribution >= 0.6 is 0 Å². The number of carbonyl (C=O) groups excluding carboxylic acids is 1. The van der Waals surface area contributed by atoms with Gasteiger partial charge in [-0.25, -0.2) is 0 Å². The highest BCUT2D eigenvalue weighted by molar-refractivity contribution is 5.97. The van der Waals surface area contributed by atoms with Gasteiger partial charge in [0.2, 0.25) is 5.91 Å². The van der Waals surface area contributed by atoms with Gasteiger partial charge in [0.05, 0.1) is 27.2 Å². The zero-order valence-corrected chi connectivity index (χ0v) is 19.5. The summed E-state index contributed by atoms with van der Waals surface area (Å²) in [6.07, 6.45) is 10.6. The van der Waals surface area contributed by atoms with Gasteiger partial charge in [-0.2, -0.15) is 0 Å². The Morgan fingerprint density at radius 2 is 1.67 bits per heavy atom. The first-order valence-corrected chi connectivity index (χ1v) is 11.2. The number of hydrogen-bond donors (Lipinski definition) is 1. The summed E-state index contributed by atoms with van der Waals surface area (Å²) in [7, 11) is 4.75. The maximum Gasteiger partial charge on any atom is 0.231 e. The summed E-state index contributed by atoms with van der Waals surface area (Å²) in [6, 6.07) is 3.51. The minimum Gasteiger partial charge on any atom is -0.496 e. The molecule has 2 rings (SSSR count). The summed E-state index contributed by atoms with van der Waals surface area (Å²) in [6.45, 7) is 6.63. The molecule has 0 radical (unpaired) electrons. The minimum atomic E-state index is -0.135. The van der Waals surface area contributed by atoms with E-state index < -0.39 is 0 Å². The number of methoxy groups -OCH3 is 3. The van der Waals surface area contributed by atoms with E-state index in [9.17, 15) is 4.79 Å². The van der Waals surface area contributed by atoms with E-state index in [0.717, 1.165) is 12.8 Å². The minimum absolute atomic E-state index is 0.00146. The average Bonchev–Trinajstić information content (AvgIpc) is 2.75. The lowest BCUT2D eigenvalue weighted by atomic mass is 9.73. The van der Waals surface area contributed by atoms with Crippen LogP contribution in [0, 0.1) is 17.8 Å². The maximum absolute atomic E-state index is 13.4. The second-order valence-electron chi connectivity index (χ2n) is 8.43. The molecule has 0 spiro atoms. The highest BCUT2D eigenvalue weighted by Crippen LogP contribution is 2.41. The van der Waals surface area contributed by atoms with E-state index in [4.69, 9.17) is 14.2 Å². The zero-order valence-electron chi connectivity index (χ0n) is 19.5. The highest BCUT2D eigenvalue weighted by atomic mass is 16.5. The molecule has 0 heterocycles. The predicted molar refractivity (Wildman–Crippen MR) is 123 cm³/mol. The zero-order chi connectivity index (χ0) is 22.1. The molecule has 1 amide bonds. The van der Waals surface area contributed by atoms with Crippen LogP contribution in [-0.2, 0) is 4.79 Å². The molecule has 5 nitrogen and oxygen atoms in total. The second kappa shape index (κ2) is 11.9. The second-order valence-corrected chi connectivity index (χ2v) is 8.43. The lowest BCUT2D eigenvalue weighted by Gasteiger charge is -2.33. The van der Waals surface area contributed by atoms with Gasteiger partial charge in [0.15, 0.2) is 0 Å². The third-order valence-electron chi connectivity index (χ3n) is 6.33. The van der Waals surface area contributed by atoms with E-state index in [2.05, 4.69) is 32.2 Å². The Hall–Kier alpha value is -2.17. The van der Waals surface area contributed by atoms with Crippen molar-refractivity contribution in [1.82, 2.24) is 0 Å². The SMILES string of the molecule is CCCCCCCC1C[C@@H](C)C(C)=C[C@@H]1C(=O)Nc1c(OC)cc(OC)cc1OC. The fourth-order valence-electron chi connectivity index (χ4n) is 4.30. The van der Waals surface area contributed by atoms with Crippen molar-refractivity contribution in [2.24, 2.45) is 17.8 Å². The standard InChI is InChI=1S/C25H39NO4/c1-7-8-9-10-11-12-19-13-17(2)18(3)14-21(19)25(27)26-24-22(29-5)15-20(28-4)16-23(24)30-6/h14-17,19,21H,7-13H2,1-6H3,(H,26,27)/t17-,19?,21+/m1/s1. The van der Waals surface area contributed by atoms with Crippen LogP contribution in [0.3, 0.4) is 0 Å². The molecule has 30 heavy (non-hydrogen) atoms. The van der Waals surface area contributed by atoms with Crippen molar-refractivity contribution < 1.29 is 19.0 Å². The number of nitrogens with one attached hydrogen (secondary N) is 1. The first-order valence-electron chi connectivity index (χ1n) is 11.2.